The van der Waals surface area contributed by atoms with E-state index in [1.54, 1.807) is 6.07 Å². The summed E-state index contributed by atoms with van der Waals surface area (Å²) in [5, 5.41) is 10.8. The first kappa shape index (κ1) is 10.2. The van der Waals surface area contributed by atoms with E-state index >= 15 is 0 Å². The summed E-state index contributed by atoms with van der Waals surface area (Å²) in [6.45, 7) is 2.87. The van der Waals surface area contributed by atoms with Crippen LogP contribution in [0.15, 0.2) is 16.5 Å². The van der Waals surface area contributed by atoms with Gasteiger partial charge in [0.2, 0.25) is 5.76 Å². The third-order valence-electron chi connectivity index (χ3n) is 2.60. The molecule has 2 rings (SSSR count). The summed E-state index contributed by atoms with van der Waals surface area (Å²) in [7, 11) is 0. The molecule has 15 heavy (non-hydrogen) atoms. The molecular weight excluding hydrogens is 190 g/mol. The summed E-state index contributed by atoms with van der Waals surface area (Å²) in [6, 6.07) is 5.52. The maximum Gasteiger partial charge on any atom is 0.203 e. The van der Waals surface area contributed by atoms with Crippen molar-refractivity contribution < 1.29 is 4.42 Å². The lowest BCUT2D eigenvalue weighted by molar-refractivity contribution is 0.146. The van der Waals surface area contributed by atoms with Gasteiger partial charge in [-0.15, -0.1) is 0 Å². The van der Waals surface area contributed by atoms with E-state index in [9.17, 15) is 0 Å². The van der Waals surface area contributed by atoms with E-state index < -0.39 is 0 Å². The van der Waals surface area contributed by atoms with Gasteiger partial charge in [0.15, 0.2) is 0 Å². The van der Waals surface area contributed by atoms with Crippen LogP contribution in [0, 0.1) is 11.3 Å². The van der Waals surface area contributed by atoms with E-state index in [1.165, 1.54) is 19.3 Å². The summed E-state index contributed by atoms with van der Waals surface area (Å²) in [5.74, 6) is 1.20. The summed E-state index contributed by atoms with van der Waals surface area (Å²) < 4.78 is 5.27. The number of hydrazine groups is 1. The maximum atomic E-state index is 8.59. The fraction of sp³-hybridized carbons (Fsp3) is 0.545. The SMILES string of the molecule is N#Cc1ccc(CNN2CCCCC2)o1. The number of rotatable bonds is 3. The standard InChI is InChI=1S/C11H15N3O/c12-8-10-4-5-11(15-10)9-13-14-6-2-1-3-7-14/h4-5,13H,1-3,6-7,9H2. The average molecular weight is 205 g/mol. The van der Waals surface area contributed by atoms with Gasteiger partial charge in [-0.3, -0.25) is 0 Å². The molecular formula is C11H15N3O. The second-order valence-electron chi connectivity index (χ2n) is 3.76. The molecule has 0 spiro atoms. The highest BCUT2D eigenvalue weighted by atomic mass is 16.3. The molecule has 1 saturated heterocycles. The first-order valence-electron chi connectivity index (χ1n) is 5.36. The van der Waals surface area contributed by atoms with E-state index in [4.69, 9.17) is 9.68 Å². The minimum absolute atomic E-state index is 0.380. The van der Waals surface area contributed by atoms with Crippen LogP contribution in [-0.2, 0) is 6.54 Å². The summed E-state index contributed by atoms with van der Waals surface area (Å²) in [4.78, 5) is 0. The summed E-state index contributed by atoms with van der Waals surface area (Å²) in [6.07, 6.45) is 3.85. The van der Waals surface area contributed by atoms with E-state index in [0.29, 0.717) is 12.3 Å². The molecule has 0 amide bonds. The second kappa shape index (κ2) is 4.96. The lowest BCUT2D eigenvalue weighted by atomic mass is 10.2. The Labute approximate surface area is 89.4 Å². The second-order valence-corrected chi connectivity index (χ2v) is 3.76. The molecule has 0 unspecified atom stereocenters. The predicted octanol–water partition coefficient (Wildman–Crippen LogP) is 1.64. The van der Waals surface area contributed by atoms with Gasteiger partial charge >= 0.3 is 0 Å². The number of furan rings is 1. The molecule has 0 radical (unpaired) electrons. The van der Waals surface area contributed by atoms with Crippen molar-refractivity contribution in [3.63, 3.8) is 0 Å². The normalized spacial score (nSPS) is 17.5. The Morgan fingerprint density at radius 2 is 2.13 bits per heavy atom. The van der Waals surface area contributed by atoms with Crippen LogP contribution in [0.1, 0.15) is 30.8 Å². The number of piperidine rings is 1. The topological polar surface area (TPSA) is 52.2 Å². The van der Waals surface area contributed by atoms with Crippen molar-refractivity contribution in [2.24, 2.45) is 0 Å². The van der Waals surface area contributed by atoms with Crippen LogP contribution >= 0.6 is 0 Å². The third kappa shape index (κ3) is 2.82. The molecule has 0 saturated carbocycles. The fourth-order valence-corrected chi connectivity index (χ4v) is 1.77. The Morgan fingerprint density at radius 3 is 2.80 bits per heavy atom. The first-order valence-corrected chi connectivity index (χ1v) is 5.36. The molecule has 4 nitrogen and oxygen atoms in total. The van der Waals surface area contributed by atoms with E-state index in [0.717, 1.165) is 18.8 Å². The van der Waals surface area contributed by atoms with Crippen LogP contribution in [0.25, 0.3) is 0 Å². The van der Waals surface area contributed by atoms with Crippen molar-refractivity contribution in [2.45, 2.75) is 25.8 Å². The lowest BCUT2D eigenvalue weighted by Gasteiger charge is -2.26. The van der Waals surface area contributed by atoms with Crippen LogP contribution in [0.4, 0.5) is 0 Å². The van der Waals surface area contributed by atoms with Crippen LogP contribution < -0.4 is 5.43 Å². The Balaban J connectivity index is 1.79. The summed E-state index contributed by atoms with van der Waals surface area (Å²) >= 11 is 0. The van der Waals surface area contributed by atoms with Crippen molar-refractivity contribution in [3.8, 4) is 6.07 Å². The smallest absolute Gasteiger partial charge is 0.203 e. The number of nitrogens with zero attached hydrogens (tertiary/aromatic N) is 2. The van der Waals surface area contributed by atoms with Crippen molar-refractivity contribution in [1.29, 1.82) is 5.26 Å². The highest BCUT2D eigenvalue weighted by molar-refractivity contribution is 5.18. The van der Waals surface area contributed by atoms with Crippen LogP contribution in [0.2, 0.25) is 0 Å². The van der Waals surface area contributed by atoms with Crippen LogP contribution in [-0.4, -0.2) is 18.1 Å². The molecule has 1 aliphatic rings. The number of nitriles is 1. The molecule has 0 atom stereocenters. The Hall–Kier alpha value is -1.31. The van der Waals surface area contributed by atoms with Crippen LogP contribution in [0.3, 0.4) is 0 Å². The van der Waals surface area contributed by atoms with Gasteiger partial charge in [-0.25, -0.2) is 10.4 Å². The molecule has 1 aliphatic heterocycles. The molecule has 1 N–H and O–H groups in total. The monoisotopic (exact) mass is 205 g/mol. The minimum atomic E-state index is 0.380. The molecule has 4 heteroatoms. The Kier molecular flexibility index (Phi) is 3.38. The minimum Gasteiger partial charge on any atom is -0.449 e. The zero-order chi connectivity index (χ0) is 10.5. The molecule has 1 fully saturated rings. The molecule has 1 aromatic rings. The van der Waals surface area contributed by atoms with Crippen molar-refractivity contribution in [3.05, 3.63) is 23.7 Å². The van der Waals surface area contributed by atoms with Gasteiger partial charge in [0.05, 0.1) is 6.54 Å². The highest BCUT2D eigenvalue weighted by Crippen LogP contribution is 2.09. The first-order chi connectivity index (χ1) is 7.38. The van der Waals surface area contributed by atoms with E-state index in [2.05, 4.69) is 10.4 Å². The quantitative estimate of drug-likeness (QED) is 0.815. The highest BCUT2D eigenvalue weighted by Gasteiger charge is 2.09. The maximum absolute atomic E-state index is 8.59. The average Bonchev–Trinajstić information content (AvgIpc) is 2.76. The Morgan fingerprint density at radius 1 is 1.33 bits per heavy atom. The molecule has 2 heterocycles. The van der Waals surface area contributed by atoms with Gasteiger partial charge in [0.25, 0.3) is 0 Å². The molecule has 1 aromatic heterocycles. The lowest BCUT2D eigenvalue weighted by Crippen LogP contribution is -2.41. The molecule has 80 valence electrons. The Bertz CT molecular complexity index is 347. The third-order valence-corrected chi connectivity index (χ3v) is 2.60. The van der Waals surface area contributed by atoms with E-state index in [1.807, 2.05) is 12.1 Å². The van der Waals surface area contributed by atoms with Crippen molar-refractivity contribution in [2.75, 3.05) is 13.1 Å². The van der Waals surface area contributed by atoms with Gasteiger partial charge in [0.1, 0.15) is 11.8 Å². The van der Waals surface area contributed by atoms with E-state index in [-0.39, 0.29) is 0 Å². The summed E-state index contributed by atoms with van der Waals surface area (Å²) in [5.41, 5.74) is 3.31. The van der Waals surface area contributed by atoms with Gasteiger partial charge < -0.3 is 4.42 Å². The number of hydrogen-bond acceptors (Lipinski definition) is 4. The van der Waals surface area contributed by atoms with Gasteiger partial charge in [-0.2, -0.15) is 5.26 Å². The van der Waals surface area contributed by atoms with Gasteiger partial charge in [-0.1, -0.05) is 6.42 Å². The zero-order valence-corrected chi connectivity index (χ0v) is 8.70. The van der Waals surface area contributed by atoms with Gasteiger partial charge in [-0.05, 0) is 25.0 Å². The molecule has 0 bridgehead atoms. The number of nitrogens with one attached hydrogen (secondary N) is 1. The molecule has 0 aliphatic carbocycles. The van der Waals surface area contributed by atoms with Crippen molar-refractivity contribution in [1.82, 2.24) is 10.4 Å². The molecule has 0 aromatic carbocycles. The van der Waals surface area contributed by atoms with Gasteiger partial charge in [0, 0.05) is 13.1 Å². The zero-order valence-electron chi connectivity index (χ0n) is 8.70. The predicted molar refractivity (Wildman–Crippen MR) is 55.7 cm³/mol. The van der Waals surface area contributed by atoms with Crippen molar-refractivity contribution >= 4 is 0 Å². The fourth-order valence-electron chi connectivity index (χ4n) is 1.77. The number of hydrogen-bond donors (Lipinski definition) is 1. The van der Waals surface area contributed by atoms with Crippen LogP contribution in [0.5, 0.6) is 0 Å². The largest absolute Gasteiger partial charge is 0.449 e.